The van der Waals surface area contributed by atoms with Crippen LogP contribution >= 0.6 is 0 Å². The average Bonchev–Trinajstić information content (AvgIpc) is 2.81. The summed E-state index contributed by atoms with van der Waals surface area (Å²) in [5.41, 5.74) is 2.31. The van der Waals surface area contributed by atoms with E-state index < -0.39 is 12.1 Å². The highest BCUT2D eigenvalue weighted by Gasteiger charge is 2.60. The minimum atomic E-state index is -0.943. The molecule has 1 spiro atoms. The van der Waals surface area contributed by atoms with Gasteiger partial charge in [0.2, 0.25) is 0 Å². The molecule has 2 fully saturated rings. The maximum Gasteiger partial charge on any atom is 0.331 e. The summed E-state index contributed by atoms with van der Waals surface area (Å²) in [5, 5.41) is 19.5. The number of aliphatic carboxylic acids is 1. The van der Waals surface area contributed by atoms with E-state index in [0.29, 0.717) is 24.2 Å². The fourth-order valence-electron chi connectivity index (χ4n) is 5.88. The summed E-state index contributed by atoms with van der Waals surface area (Å²) in [6, 6.07) is 0. The van der Waals surface area contributed by atoms with Crippen LogP contribution < -0.4 is 0 Å². The van der Waals surface area contributed by atoms with Gasteiger partial charge in [0, 0.05) is 5.57 Å². The molecule has 0 aromatic rings. The van der Waals surface area contributed by atoms with Gasteiger partial charge in [0.25, 0.3) is 0 Å². The first kappa shape index (κ1) is 16.8. The fourth-order valence-corrected chi connectivity index (χ4v) is 5.88. The summed E-state index contributed by atoms with van der Waals surface area (Å²) in [7, 11) is 0. The molecule has 2 saturated carbocycles. The lowest BCUT2D eigenvalue weighted by Crippen LogP contribution is -2.52. The third-order valence-corrected chi connectivity index (χ3v) is 7.19. The molecule has 0 aliphatic heterocycles. The van der Waals surface area contributed by atoms with Crippen LogP contribution in [0, 0.1) is 28.6 Å². The Kier molecular flexibility index (Phi) is 3.99. The number of allylic oxidation sites excluding steroid dienone is 2. The Balaban J connectivity index is 1.91. The van der Waals surface area contributed by atoms with Crippen LogP contribution in [0.25, 0.3) is 0 Å². The molecule has 4 rings (SSSR count). The van der Waals surface area contributed by atoms with Crippen LogP contribution in [0.2, 0.25) is 0 Å². The van der Waals surface area contributed by atoms with E-state index >= 15 is 0 Å². The number of aliphatic hydroxyl groups excluding tert-OH is 1. The summed E-state index contributed by atoms with van der Waals surface area (Å²) >= 11 is 0. The second-order valence-electron chi connectivity index (χ2n) is 8.69. The quantitative estimate of drug-likeness (QED) is 0.604. The normalized spacial score (nSPS) is 39.8. The monoisotopic (exact) mass is 318 g/mol. The number of rotatable bonds is 4. The lowest BCUT2D eigenvalue weighted by molar-refractivity contribution is -0.132. The van der Waals surface area contributed by atoms with Gasteiger partial charge in [-0.15, -0.1) is 0 Å². The van der Waals surface area contributed by atoms with E-state index in [9.17, 15) is 9.90 Å². The van der Waals surface area contributed by atoms with Gasteiger partial charge in [-0.2, -0.15) is 0 Å². The van der Waals surface area contributed by atoms with Crippen LogP contribution in [0.5, 0.6) is 0 Å². The van der Waals surface area contributed by atoms with E-state index in [1.54, 1.807) is 12.5 Å². The van der Waals surface area contributed by atoms with Gasteiger partial charge in [0.05, 0.1) is 6.10 Å². The van der Waals surface area contributed by atoms with E-state index in [4.69, 9.17) is 5.11 Å². The van der Waals surface area contributed by atoms with Crippen molar-refractivity contribution in [3.05, 3.63) is 23.3 Å². The van der Waals surface area contributed by atoms with E-state index in [-0.39, 0.29) is 16.4 Å². The van der Waals surface area contributed by atoms with Crippen molar-refractivity contribution >= 4 is 5.97 Å². The molecule has 0 amide bonds. The predicted octanol–water partition coefficient (Wildman–Crippen LogP) is 4.18. The average molecular weight is 318 g/mol. The molecule has 0 saturated heterocycles. The molecule has 3 heteroatoms. The zero-order valence-corrected chi connectivity index (χ0v) is 14.8. The predicted molar refractivity (Wildman–Crippen MR) is 90.9 cm³/mol. The molecule has 0 aromatic carbocycles. The zero-order valence-electron chi connectivity index (χ0n) is 14.8. The minimum Gasteiger partial charge on any atom is -0.478 e. The Bertz CT molecular complexity index is 571. The Morgan fingerprint density at radius 1 is 1.39 bits per heavy atom. The van der Waals surface area contributed by atoms with Crippen LogP contribution in [0.4, 0.5) is 0 Å². The molecule has 4 unspecified atom stereocenters. The Hall–Kier alpha value is -1.09. The second kappa shape index (κ2) is 5.47. The summed E-state index contributed by atoms with van der Waals surface area (Å²) < 4.78 is 0. The fraction of sp³-hybridized carbons (Fsp3) is 0.750. The van der Waals surface area contributed by atoms with E-state index in [2.05, 4.69) is 26.8 Å². The zero-order chi connectivity index (χ0) is 17.0. The Labute approximate surface area is 139 Å². The maximum atomic E-state index is 11.0. The molecule has 4 aliphatic carbocycles. The van der Waals surface area contributed by atoms with Crippen molar-refractivity contribution in [1.82, 2.24) is 0 Å². The van der Waals surface area contributed by atoms with E-state index in [0.717, 1.165) is 0 Å². The van der Waals surface area contributed by atoms with Gasteiger partial charge in [-0.3, -0.25) is 0 Å². The molecule has 0 aromatic heterocycles. The smallest absolute Gasteiger partial charge is 0.331 e. The second-order valence-corrected chi connectivity index (χ2v) is 8.69. The molecule has 128 valence electrons. The number of fused-ring (bicyclic) bond motifs is 2. The number of hydrogen-bond donors (Lipinski definition) is 2. The van der Waals surface area contributed by atoms with Gasteiger partial charge in [0.1, 0.15) is 0 Å². The molecule has 4 aliphatic rings. The molecule has 0 heterocycles. The Morgan fingerprint density at radius 2 is 2.04 bits per heavy atom. The van der Waals surface area contributed by atoms with Crippen LogP contribution in [-0.4, -0.2) is 22.3 Å². The SMILES string of the molecule is C/C(=C\C(O)CC1C23CCC(C=C2[C@@H](C)CC3)C1(C)C)C(=O)O. The third-order valence-electron chi connectivity index (χ3n) is 7.19. The van der Waals surface area contributed by atoms with Gasteiger partial charge >= 0.3 is 5.97 Å². The lowest BCUT2D eigenvalue weighted by atomic mass is 9.45. The van der Waals surface area contributed by atoms with Crippen LogP contribution in [0.1, 0.15) is 59.8 Å². The molecular formula is C20H30O3. The van der Waals surface area contributed by atoms with Crippen LogP contribution in [0.3, 0.4) is 0 Å². The molecule has 23 heavy (non-hydrogen) atoms. The molecule has 3 nitrogen and oxygen atoms in total. The van der Waals surface area contributed by atoms with Crippen LogP contribution in [0.15, 0.2) is 23.3 Å². The number of aliphatic hydroxyl groups is 1. The molecular weight excluding hydrogens is 288 g/mol. The van der Waals surface area contributed by atoms with Crippen molar-refractivity contribution in [2.45, 2.75) is 65.9 Å². The largest absolute Gasteiger partial charge is 0.478 e. The standard InChI is InChI=1S/C20H30O3/c1-12-5-7-20-8-6-14(10-16(12)20)19(3,4)17(20)11-15(21)9-13(2)18(22)23/h9-10,12,14-15,17,21H,5-8,11H2,1-4H3,(H,22,23)/b13-9+/t12-,14?,15?,17?,20?/m0/s1. The first-order valence-corrected chi connectivity index (χ1v) is 9.00. The molecule has 0 radical (unpaired) electrons. The third kappa shape index (κ3) is 2.48. The van der Waals surface area contributed by atoms with Crippen molar-refractivity contribution in [1.29, 1.82) is 0 Å². The van der Waals surface area contributed by atoms with Gasteiger partial charge in [0.15, 0.2) is 0 Å². The highest BCUT2D eigenvalue weighted by atomic mass is 16.4. The minimum absolute atomic E-state index is 0.178. The first-order valence-electron chi connectivity index (χ1n) is 9.00. The number of carboxylic acid groups (broad SMARTS) is 1. The Morgan fingerprint density at radius 3 is 2.70 bits per heavy atom. The van der Waals surface area contributed by atoms with Crippen molar-refractivity contribution in [2.75, 3.05) is 0 Å². The molecule has 2 N–H and O–H groups in total. The maximum absolute atomic E-state index is 11.0. The summed E-state index contributed by atoms with van der Waals surface area (Å²) in [6.07, 6.45) is 9.09. The first-order chi connectivity index (χ1) is 10.7. The number of carbonyl (C=O) groups is 1. The number of carboxylic acids is 1. The van der Waals surface area contributed by atoms with Gasteiger partial charge in [-0.25, -0.2) is 4.79 Å². The topological polar surface area (TPSA) is 57.5 Å². The van der Waals surface area contributed by atoms with Gasteiger partial charge in [-0.05, 0) is 73.7 Å². The lowest BCUT2D eigenvalue weighted by Gasteiger charge is -2.60. The van der Waals surface area contributed by atoms with Crippen molar-refractivity contribution in [3.8, 4) is 0 Å². The van der Waals surface area contributed by atoms with Crippen molar-refractivity contribution in [3.63, 3.8) is 0 Å². The molecule has 5 atom stereocenters. The molecule has 2 bridgehead atoms. The summed E-state index contributed by atoms with van der Waals surface area (Å²) in [5.74, 6) is 0.764. The highest BCUT2D eigenvalue weighted by molar-refractivity contribution is 5.85. The number of hydrogen-bond acceptors (Lipinski definition) is 2. The van der Waals surface area contributed by atoms with Crippen molar-refractivity contribution in [2.24, 2.45) is 28.6 Å². The van der Waals surface area contributed by atoms with Gasteiger partial charge in [-0.1, -0.05) is 32.4 Å². The van der Waals surface area contributed by atoms with Crippen molar-refractivity contribution < 1.29 is 15.0 Å². The van der Waals surface area contributed by atoms with Crippen LogP contribution in [-0.2, 0) is 4.79 Å². The summed E-state index contributed by atoms with van der Waals surface area (Å²) in [6.45, 7) is 8.60. The summed E-state index contributed by atoms with van der Waals surface area (Å²) in [4.78, 5) is 11.0. The van der Waals surface area contributed by atoms with E-state index in [1.165, 1.54) is 31.8 Å². The van der Waals surface area contributed by atoms with Gasteiger partial charge < -0.3 is 10.2 Å². The highest BCUT2D eigenvalue weighted by Crippen LogP contribution is 2.69. The van der Waals surface area contributed by atoms with E-state index in [1.807, 2.05) is 0 Å².